The lowest BCUT2D eigenvalue weighted by Gasteiger charge is -2.49. The molecule has 1 aromatic rings. The Balaban J connectivity index is 1.59. The Labute approximate surface area is 148 Å². The van der Waals surface area contributed by atoms with Gasteiger partial charge in [-0.3, -0.25) is 4.79 Å². The second-order valence-corrected chi connectivity index (χ2v) is 7.60. The van der Waals surface area contributed by atoms with Crippen molar-refractivity contribution in [2.24, 2.45) is 5.41 Å². The lowest BCUT2D eigenvalue weighted by molar-refractivity contribution is -0.138. The number of aromatic nitrogens is 1. The molecule has 0 bridgehead atoms. The van der Waals surface area contributed by atoms with E-state index in [9.17, 15) is 10.1 Å². The van der Waals surface area contributed by atoms with E-state index in [1.807, 2.05) is 6.07 Å². The number of carbonyl (C=O) groups is 1. The van der Waals surface area contributed by atoms with E-state index in [1.165, 1.54) is 0 Å². The highest BCUT2D eigenvalue weighted by Gasteiger charge is 2.45. The van der Waals surface area contributed by atoms with Gasteiger partial charge in [0.1, 0.15) is 11.6 Å². The Hall–Kier alpha value is -2.29. The number of anilines is 1. The monoisotopic (exact) mass is 340 g/mol. The molecule has 4 rings (SSSR count). The molecule has 1 atom stereocenters. The van der Waals surface area contributed by atoms with E-state index in [0.717, 1.165) is 57.4 Å². The largest absolute Gasteiger partial charge is 0.480 e. The predicted octanol–water partition coefficient (Wildman–Crippen LogP) is 2.33. The smallest absolute Gasteiger partial charge is 0.233 e. The maximum atomic E-state index is 12.3. The molecule has 1 aromatic heterocycles. The van der Waals surface area contributed by atoms with Gasteiger partial charge in [-0.05, 0) is 38.2 Å². The van der Waals surface area contributed by atoms with Crippen LogP contribution < -0.4 is 9.64 Å². The van der Waals surface area contributed by atoms with Crippen LogP contribution in [0.5, 0.6) is 5.88 Å². The van der Waals surface area contributed by atoms with Crippen molar-refractivity contribution < 1.29 is 9.53 Å². The number of amides is 1. The molecule has 1 saturated carbocycles. The van der Waals surface area contributed by atoms with Gasteiger partial charge in [-0.25, -0.2) is 4.98 Å². The zero-order chi connectivity index (χ0) is 17.4. The van der Waals surface area contributed by atoms with E-state index < -0.39 is 0 Å². The van der Waals surface area contributed by atoms with Crippen LogP contribution in [0.25, 0.3) is 0 Å². The van der Waals surface area contributed by atoms with E-state index in [4.69, 9.17) is 4.74 Å². The van der Waals surface area contributed by atoms with Crippen molar-refractivity contribution in [3.8, 4) is 11.9 Å². The maximum absolute atomic E-state index is 12.3. The minimum Gasteiger partial charge on any atom is -0.480 e. The molecule has 6 nitrogen and oxygen atoms in total. The van der Waals surface area contributed by atoms with Crippen LogP contribution in [0, 0.1) is 16.7 Å². The third kappa shape index (κ3) is 2.92. The summed E-state index contributed by atoms with van der Waals surface area (Å²) in [5.74, 6) is 0.714. The third-order valence-electron chi connectivity index (χ3n) is 5.88. The van der Waals surface area contributed by atoms with E-state index in [0.29, 0.717) is 29.8 Å². The fraction of sp³-hybridized carbons (Fsp3) is 0.632. The molecular formula is C19H24N4O2. The summed E-state index contributed by atoms with van der Waals surface area (Å²) >= 11 is 0. The van der Waals surface area contributed by atoms with E-state index in [2.05, 4.69) is 20.9 Å². The number of rotatable bonds is 3. The molecule has 0 N–H and O–H groups in total. The molecular weight excluding hydrogens is 316 g/mol. The van der Waals surface area contributed by atoms with Crippen LogP contribution in [-0.4, -0.2) is 48.6 Å². The number of hydrogen-bond acceptors (Lipinski definition) is 5. The van der Waals surface area contributed by atoms with Gasteiger partial charge in [0.2, 0.25) is 11.8 Å². The molecule has 3 aliphatic rings. The first-order valence-electron chi connectivity index (χ1n) is 9.13. The summed E-state index contributed by atoms with van der Waals surface area (Å²) in [7, 11) is 1.55. The van der Waals surface area contributed by atoms with Crippen molar-refractivity contribution in [3.05, 3.63) is 17.8 Å². The minimum atomic E-state index is 0.151. The summed E-state index contributed by atoms with van der Waals surface area (Å²) in [6.07, 6.45) is 7.88. The van der Waals surface area contributed by atoms with E-state index >= 15 is 0 Å². The number of likely N-dealkylation sites (tertiary alicyclic amines) is 1. The van der Waals surface area contributed by atoms with Gasteiger partial charge in [0.15, 0.2) is 0 Å². The second kappa shape index (κ2) is 6.21. The molecule has 2 aliphatic heterocycles. The average Bonchev–Trinajstić information content (AvgIpc) is 3.48. The van der Waals surface area contributed by atoms with Crippen molar-refractivity contribution in [2.75, 3.05) is 31.6 Å². The fourth-order valence-corrected chi connectivity index (χ4v) is 4.47. The molecule has 132 valence electrons. The highest BCUT2D eigenvalue weighted by atomic mass is 16.5. The SMILES string of the molecule is COc1nccc(N2CCCC3(CCC(=O)N(C4CC4)C3)C2)c1C#N. The average molecular weight is 340 g/mol. The first kappa shape index (κ1) is 16.2. The number of nitriles is 1. The third-order valence-corrected chi connectivity index (χ3v) is 5.88. The first-order valence-corrected chi connectivity index (χ1v) is 9.13. The summed E-state index contributed by atoms with van der Waals surface area (Å²) in [5.41, 5.74) is 1.56. The minimum absolute atomic E-state index is 0.151. The summed E-state index contributed by atoms with van der Waals surface area (Å²) in [5, 5.41) is 9.57. The van der Waals surface area contributed by atoms with Crippen LogP contribution in [-0.2, 0) is 4.79 Å². The Morgan fingerprint density at radius 2 is 2.20 bits per heavy atom. The Morgan fingerprint density at radius 1 is 1.36 bits per heavy atom. The van der Waals surface area contributed by atoms with Gasteiger partial charge in [-0.2, -0.15) is 5.26 Å². The Morgan fingerprint density at radius 3 is 2.92 bits per heavy atom. The fourth-order valence-electron chi connectivity index (χ4n) is 4.47. The molecule has 25 heavy (non-hydrogen) atoms. The maximum Gasteiger partial charge on any atom is 0.233 e. The molecule has 1 spiro atoms. The number of ether oxygens (including phenoxy) is 1. The lowest BCUT2D eigenvalue weighted by atomic mass is 9.73. The zero-order valence-corrected chi connectivity index (χ0v) is 14.7. The number of hydrogen-bond donors (Lipinski definition) is 0. The molecule has 3 heterocycles. The predicted molar refractivity (Wildman–Crippen MR) is 93.4 cm³/mol. The normalized spacial score (nSPS) is 26.6. The summed E-state index contributed by atoms with van der Waals surface area (Å²) < 4.78 is 5.26. The number of nitrogens with zero attached hydrogens (tertiary/aromatic N) is 4. The Kier molecular flexibility index (Phi) is 4.03. The van der Waals surface area contributed by atoms with Crippen molar-refractivity contribution in [3.63, 3.8) is 0 Å². The van der Waals surface area contributed by atoms with Crippen molar-refractivity contribution >= 4 is 11.6 Å². The molecule has 1 aliphatic carbocycles. The van der Waals surface area contributed by atoms with Gasteiger partial charge >= 0.3 is 0 Å². The van der Waals surface area contributed by atoms with Crippen LogP contribution in [0.4, 0.5) is 5.69 Å². The van der Waals surface area contributed by atoms with Crippen LogP contribution in [0.1, 0.15) is 44.1 Å². The van der Waals surface area contributed by atoms with Crippen LogP contribution >= 0.6 is 0 Å². The molecule has 1 unspecified atom stereocenters. The number of piperidine rings is 2. The van der Waals surface area contributed by atoms with Crippen molar-refractivity contribution in [1.82, 2.24) is 9.88 Å². The van der Waals surface area contributed by atoms with Crippen LogP contribution in [0.15, 0.2) is 12.3 Å². The van der Waals surface area contributed by atoms with Gasteiger partial charge in [-0.15, -0.1) is 0 Å². The van der Waals surface area contributed by atoms with Crippen molar-refractivity contribution in [1.29, 1.82) is 5.26 Å². The molecule has 0 aromatic carbocycles. The summed E-state index contributed by atoms with van der Waals surface area (Å²) in [4.78, 5) is 20.9. The highest BCUT2D eigenvalue weighted by Crippen LogP contribution is 2.44. The van der Waals surface area contributed by atoms with Gasteiger partial charge in [0, 0.05) is 43.7 Å². The van der Waals surface area contributed by atoms with Crippen molar-refractivity contribution in [2.45, 2.75) is 44.6 Å². The first-order chi connectivity index (χ1) is 12.2. The number of pyridine rings is 1. The molecule has 2 saturated heterocycles. The molecule has 0 radical (unpaired) electrons. The second-order valence-electron chi connectivity index (χ2n) is 7.60. The molecule has 3 fully saturated rings. The van der Waals surface area contributed by atoms with Crippen LogP contribution in [0.2, 0.25) is 0 Å². The number of carbonyl (C=O) groups excluding carboxylic acids is 1. The van der Waals surface area contributed by atoms with Gasteiger partial charge < -0.3 is 14.5 Å². The quantitative estimate of drug-likeness (QED) is 0.845. The highest BCUT2D eigenvalue weighted by molar-refractivity contribution is 5.78. The van der Waals surface area contributed by atoms with E-state index in [-0.39, 0.29) is 5.41 Å². The lowest BCUT2D eigenvalue weighted by Crippen LogP contribution is -2.54. The summed E-state index contributed by atoms with van der Waals surface area (Å²) in [6, 6.07) is 4.65. The Bertz CT molecular complexity index is 725. The zero-order valence-electron chi connectivity index (χ0n) is 14.7. The van der Waals surface area contributed by atoms with E-state index in [1.54, 1.807) is 13.3 Å². The molecule has 6 heteroatoms. The molecule has 1 amide bonds. The topological polar surface area (TPSA) is 69.5 Å². The summed E-state index contributed by atoms with van der Waals surface area (Å²) in [6.45, 7) is 2.70. The van der Waals surface area contributed by atoms with Gasteiger partial charge in [0.05, 0.1) is 12.8 Å². The van der Waals surface area contributed by atoms with Gasteiger partial charge in [-0.1, -0.05) is 0 Å². The number of methoxy groups -OCH3 is 1. The van der Waals surface area contributed by atoms with Crippen LogP contribution in [0.3, 0.4) is 0 Å². The standard InChI is InChI=1S/C19H24N4O2/c1-25-18-15(11-20)16(6-9-21-18)22-10-2-7-19(12-22)8-5-17(24)23(13-19)14-3-4-14/h6,9,14H,2-5,7-8,10,12-13H2,1H3. The van der Waals surface area contributed by atoms with Gasteiger partial charge in [0.25, 0.3) is 0 Å².